The summed E-state index contributed by atoms with van der Waals surface area (Å²) in [4.78, 5) is 36.8. The molecule has 3 aromatic rings. The maximum Gasteiger partial charge on any atom is 0.293 e. The molecule has 0 atom stereocenters. The Labute approximate surface area is 192 Å². The van der Waals surface area contributed by atoms with Crippen LogP contribution in [0.5, 0.6) is 5.75 Å². The van der Waals surface area contributed by atoms with Crippen molar-refractivity contribution in [1.82, 2.24) is 4.90 Å². The van der Waals surface area contributed by atoms with Crippen LogP contribution in [0.2, 0.25) is 0 Å². The number of ether oxygens (including phenoxy) is 1. The third-order valence-corrected chi connectivity index (χ3v) is 5.74. The summed E-state index contributed by atoms with van der Waals surface area (Å²) in [6.07, 6.45) is 1.62. The Morgan fingerprint density at radius 1 is 1.00 bits per heavy atom. The first kappa shape index (κ1) is 22.2. The molecule has 3 aromatic carbocycles. The van der Waals surface area contributed by atoms with E-state index in [1.54, 1.807) is 42.5 Å². The number of hydrogen-bond donors (Lipinski definition) is 0. The Hall–Kier alpha value is -3.98. The number of thioether (sulfide) groups is 1. The van der Waals surface area contributed by atoms with Crippen molar-refractivity contribution in [3.05, 3.63) is 110 Å². The predicted octanol–water partition coefficient (Wildman–Crippen LogP) is 5.55. The minimum Gasteiger partial charge on any atom is -0.489 e. The number of amides is 2. The van der Waals surface area contributed by atoms with E-state index in [1.165, 1.54) is 36.4 Å². The summed E-state index contributed by atoms with van der Waals surface area (Å²) in [6, 6.07) is 18.8. The van der Waals surface area contributed by atoms with Crippen LogP contribution in [0, 0.1) is 15.9 Å². The fraction of sp³-hybridized carbons (Fsp3) is 0.0833. The van der Waals surface area contributed by atoms with Gasteiger partial charge in [0.1, 0.15) is 18.2 Å². The molecule has 0 aromatic heterocycles. The van der Waals surface area contributed by atoms with Crippen LogP contribution in [0.1, 0.15) is 16.7 Å². The van der Waals surface area contributed by atoms with Gasteiger partial charge in [0.25, 0.3) is 16.8 Å². The van der Waals surface area contributed by atoms with Crippen LogP contribution in [-0.4, -0.2) is 21.0 Å². The number of nitro benzene ring substituents is 1. The van der Waals surface area contributed by atoms with E-state index in [0.29, 0.717) is 16.9 Å². The lowest BCUT2D eigenvalue weighted by Crippen LogP contribution is -2.27. The topological polar surface area (TPSA) is 89.8 Å². The summed E-state index contributed by atoms with van der Waals surface area (Å²) in [6.45, 7) is 0.288. The molecule has 0 spiro atoms. The lowest BCUT2D eigenvalue weighted by atomic mass is 10.2. The number of rotatable bonds is 7. The van der Waals surface area contributed by atoms with Gasteiger partial charge in [0.05, 0.1) is 16.4 Å². The average Bonchev–Trinajstić information content (AvgIpc) is 3.06. The van der Waals surface area contributed by atoms with Crippen molar-refractivity contribution in [3.8, 4) is 5.75 Å². The van der Waals surface area contributed by atoms with Crippen LogP contribution in [0.25, 0.3) is 6.08 Å². The number of hydrogen-bond acceptors (Lipinski definition) is 6. The average molecular weight is 464 g/mol. The first-order valence-electron chi connectivity index (χ1n) is 9.85. The summed E-state index contributed by atoms with van der Waals surface area (Å²) in [5, 5.41) is 10.4. The zero-order chi connectivity index (χ0) is 23.4. The van der Waals surface area contributed by atoms with E-state index in [2.05, 4.69) is 0 Å². The molecule has 0 bridgehead atoms. The van der Waals surface area contributed by atoms with Gasteiger partial charge in [-0.15, -0.1) is 0 Å². The molecule has 0 saturated carbocycles. The largest absolute Gasteiger partial charge is 0.489 e. The molecule has 0 N–H and O–H groups in total. The quantitative estimate of drug-likeness (QED) is 0.259. The van der Waals surface area contributed by atoms with Crippen LogP contribution in [0.3, 0.4) is 0 Å². The minimum absolute atomic E-state index is 0.0286. The van der Waals surface area contributed by atoms with Gasteiger partial charge in [-0.2, -0.15) is 0 Å². The highest BCUT2D eigenvalue weighted by Crippen LogP contribution is 2.34. The molecular formula is C24H17FN2O5S. The Morgan fingerprint density at radius 3 is 2.39 bits per heavy atom. The molecular weight excluding hydrogens is 447 g/mol. The highest BCUT2D eigenvalue weighted by Gasteiger charge is 2.35. The van der Waals surface area contributed by atoms with E-state index in [1.807, 2.05) is 0 Å². The van der Waals surface area contributed by atoms with Crippen molar-refractivity contribution in [2.24, 2.45) is 0 Å². The van der Waals surface area contributed by atoms with Crippen LogP contribution < -0.4 is 4.74 Å². The summed E-state index contributed by atoms with van der Waals surface area (Å²) in [5.41, 5.74) is 2.05. The highest BCUT2D eigenvalue weighted by atomic mass is 32.2. The van der Waals surface area contributed by atoms with Gasteiger partial charge in [0.2, 0.25) is 0 Å². The zero-order valence-electron chi connectivity index (χ0n) is 17.1. The third kappa shape index (κ3) is 5.45. The lowest BCUT2D eigenvalue weighted by molar-refractivity contribution is -0.384. The molecule has 7 nitrogen and oxygen atoms in total. The van der Waals surface area contributed by atoms with Gasteiger partial charge < -0.3 is 4.74 Å². The maximum atomic E-state index is 13.0. The van der Waals surface area contributed by atoms with Crippen LogP contribution in [0.4, 0.5) is 14.9 Å². The number of nitro groups is 1. The number of benzene rings is 3. The van der Waals surface area contributed by atoms with E-state index in [0.717, 1.165) is 22.2 Å². The molecule has 0 aliphatic carbocycles. The first-order chi connectivity index (χ1) is 15.9. The molecule has 4 rings (SSSR count). The van der Waals surface area contributed by atoms with Gasteiger partial charge in [0, 0.05) is 12.1 Å². The molecule has 166 valence electrons. The standard InChI is InChI=1S/C24H17FN2O5S/c25-19-8-4-17(5-9-19)15-32-21-3-1-2-18(12-21)13-22-23(28)26(24(29)33-22)14-16-6-10-20(11-7-16)27(30)31/h1-13H,14-15H2/b22-13+. The number of imide groups is 1. The smallest absolute Gasteiger partial charge is 0.293 e. The minimum atomic E-state index is -0.510. The molecule has 1 aliphatic heterocycles. The lowest BCUT2D eigenvalue weighted by Gasteiger charge is -2.12. The molecule has 1 aliphatic rings. The molecule has 9 heteroatoms. The number of halogens is 1. The van der Waals surface area contributed by atoms with Gasteiger partial charge in [-0.05, 0) is 58.8 Å². The summed E-state index contributed by atoms with van der Waals surface area (Å²) in [7, 11) is 0. The third-order valence-electron chi connectivity index (χ3n) is 4.84. The number of carbonyl (C=O) groups excluding carboxylic acids is 2. The van der Waals surface area contributed by atoms with Crippen molar-refractivity contribution in [3.63, 3.8) is 0 Å². The van der Waals surface area contributed by atoms with Crippen molar-refractivity contribution < 1.29 is 23.6 Å². The van der Waals surface area contributed by atoms with E-state index >= 15 is 0 Å². The Balaban J connectivity index is 1.43. The van der Waals surface area contributed by atoms with Gasteiger partial charge in [-0.25, -0.2) is 4.39 Å². The normalized spacial score (nSPS) is 14.7. The molecule has 33 heavy (non-hydrogen) atoms. The summed E-state index contributed by atoms with van der Waals surface area (Å²) in [5.74, 6) is -0.178. The SMILES string of the molecule is O=C1S/C(=C/c2cccc(OCc3ccc(F)cc3)c2)C(=O)N1Cc1ccc([N+](=O)[O-])cc1. The maximum absolute atomic E-state index is 13.0. The number of nitrogens with zero attached hydrogens (tertiary/aromatic N) is 2. The fourth-order valence-electron chi connectivity index (χ4n) is 3.13. The molecule has 2 amide bonds. The van der Waals surface area contributed by atoms with Crippen molar-refractivity contribution >= 4 is 34.7 Å². The molecule has 1 saturated heterocycles. The number of carbonyl (C=O) groups is 2. The van der Waals surface area contributed by atoms with E-state index in [9.17, 15) is 24.1 Å². The van der Waals surface area contributed by atoms with E-state index in [-0.39, 0.29) is 29.6 Å². The van der Waals surface area contributed by atoms with Gasteiger partial charge in [0.15, 0.2) is 0 Å². The van der Waals surface area contributed by atoms with Gasteiger partial charge in [-0.3, -0.25) is 24.6 Å². The van der Waals surface area contributed by atoms with Crippen molar-refractivity contribution in [2.45, 2.75) is 13.2 Å². The second-order valence-electron chi connectivity index (χ2n) is 7.18. The molecule has 1 fully saturated rings. The van der Waals surface area contributed by atoms with Crippen LogP contribution >= 0.6 is 11.8 Å². The van der Waals surface area contributed by atoms with Gasteiger partial charge >= 0.3 is 0 Å². The van der Waals surface area contributed by atoms with E-state index in [4.69, 9.17) is 4.74 Å². The summed E-state index contributed by atoms with van der Waals surface area (Å²) >= 11 is 0.835. The Bertz CT molecular complexity index is 1240. The van der Waals surface area contributed by atoms with Crippen molar-refractivity contribution in [2.75, 3.05) is 0 Å². The number of non-ortho nitro benzene ring substituents is 1. The predicted molar refractivity (Wildman–Crippen MR) is 122 cm³/mol. The molecule has 1 heterocycles. The zero-order valence-corrected chi connectivity index (χ0v) is 18.0. The van der Waals surface area contributed by atoms with Crippen LogP contribution in [-0.2, 0) is 17.9 Å². The summed E-state index contributed by atoms with van der Waals surface area (Å²) < 4.78 is 18.8. The fourth-order valence-corrected chi connectivity index (χ4v) is 3.97. The molecule has 0 unspecified atom stereocenters. The Kier molecular flexibility index (Phi) is 6.50. The first-order valence-corrected chi connectivity index (χ1v) is 10.7. The Morgan fingerprint density at radius 2 is 1.70 bits per heavy atom. The van der Waals surface area contributed by atoms with E-state index < -0.39 is 16.1 Å². The monoisotopic (exact) mass is 464 g/mol. The highest BCUT2D eigenvalue weighted by molar-refractivity contribution is 8.18. The molecule has 0 radical (unpaired) electrons. The van der Waals surface area contributed by atoms with Crippen LogP contribution in [0.15, 0.2) is 77.7 Å². The van der Waals surface area contributed by atoms with Gasteiger partial charge in [-0.1, -0.05) is 36.4 Å². The van der Waals surface area contributed by atoms with Crippen molar-refractivity contribution in [1.29, 1.82) is 0 Å². The second-order valence-corrected chi connectivity index (χ2v) is 8.17. The second kappa shape index (κ2) is 9.66.